The molecule has 2 rings (SSSR count). The molecular weight excluding hydrogens is 188 g/mol. The Balaban J connectivity index is 2.36. The first-order valence-electron chi connectivity index (χ1n) is 3.77. The highest BCUT2D eigenvalue weighted by atomic mass is 32.2. The summed E-state index contributed by atoms with van der Waals surface area (Å²) in [6, 6.07) is 9.12. The summed E-state index contributed by atoms with van der Waals surface area (Å²) in [5, 5.41) is 7.48. The molecule has 1 unspecified atom stereocenters. The average molecular weight is 196 g/mol. The minimum absolute atomic E-state index is 0.113. The van der Waals surface area contributed by atoms with Gasteiger partial charge in [-0.25, -0.2) is 8.51 Å². The molecular formula is C8H8N2O2S. The Bertz CT molecular complexity index is 336. The van der Waals surface area contributed by atoms with E-state index < -0.39 is 11.3 Å². The van der Waals surface area contributed by atoms with Crippen LogP contribution < -0.4 is 4.31 Å². The zero-order valence-corrected chi connectivity index (χ0v) is 7.58. The molecule has 1 fully saturated rings. The summed E-state index contributed by atoms with van der Waals surface area (Å²) < 4.78 is 17.4. The second kappa shape index (κ2) is 3.27. The highest BCUT2D eigenvalue weighted by Crippen LogP contribution is 2.20. The lowest BCUT2D eigenvalue weighted by atomic mass is 10.3. The number of hydrogen-bond acceptors (Lipinski definition) is 3. The summed E-state index contributed by atoms with van der Waals surface area (Å²) in [6.45, 7) is 0.113. The van der Waals surface area contributed by atoms with Gasteiger partial charge in [0.2, 0.25) is 0 Å². The molecule has 5 heteroatoms. The van der Waals surface area contributed by atoms with E-state index in [2.05, 4.69) is 0 Å². The number of anilines is 1. The molecule has 0 radical (unpaired) electrons. The Morgan fingerprint density at radius 1 is 1.38 bits per heavy atom. The van der Waals surface area contributed by atoms with Gasteiger partial charge in [-0.05, 0) is 12.1 Å². The van der Waals surface area contributed by atoms with Crippen LogP contribution in [0.25, 0.3) is 0 Å². The van der Waals surface area contributed by atoms with Crippen molar-refractivity contribution >= 4 is 22.8 Å². The molecule has 0 bridgehead atoms. The molecule has 1 aromatic rings. The molecule has 1 aromatic carbocycles. The summed E-state index contributed by atoms with van der Waals surface area (Å²) in [5.41, 5.74) is 0.725. The van der Waals surface area contributed by atoms with Gasteiger partial charge in [0.25, 0.3) is 11.3 Å². The first-order valence-corrected chi connectivity index (χ1v) is 4.80. The van der Waals surface area contributed by atoms with E-state index in [1.165, 1.54) is 4.31 Å². The van der Waals surface area contributed by atoms with E-state index in [1.807, 2.05) is 18.2 Å². The molecule has 13 heavy (non-hydrogen) atoms. The van der Waals surface area contributed by atoms with Crippen molar-refractivity contribution < 1.29 is 8.39 Å². The summed E-state index contributed by atoms with van der Waals surface area (Å²) >= 11 is -1.53. The maximum Gasteiger partial charge on any atom is 0.270 e. The molecule has 0 amide bonds. The monoisotopic (exact) mass is 196 g/mol. The van der Waals surface area contributed by atoms with Gasteiger partial charge in [0, 0.05) is 0 Å². The molecule has 0 aromatic heterocycles. The van der Waals surface area contributed by atoms with E-state index in [9.17, 15) is 4.21 Å². The van der Waals surface area contributed by atoms with E-state index in [0.29, 0.717) is 0 Å². The molecule has 1 atom stereocenters. The van der Waals surface area contributed by atoms with Crippen LogP contribution in [-0.2, 0) is 15.4 Å². The van der Waals surface area contributed by atoms with Crippen LogP contribution in [0.5, 0.6) is 0 Å². The number of benzene rings is 1. The lowest BCUT2D eigenvalue weighted by Gasteiger charge is -2.12. The first kappa shape index (κ1) is 8.40. The van der Waals surface area contributed by atoms with Gasteiger partial charge in [-0.2, -0.15) is 0 Å². The average Bonchev–Trinajstić information content (AvgIpc) is 2.48. The summed E-state index contributed by atoms with van der Waals surface area (Å²) in [6.07, 6.45) is 0. The van der Waals surface area contributed by atoms with Crippen LogP contribution in [-0.4, -0.2) is 16.7 Å². The summed E-state index contributed by atoms with van der Waals surface area (Å²) in [4.78, 5) is 0. The van der Waals surface area contributed by atoms with Crippen molar-refractivity contribution in [1.29, 1.82) is 5.41 Å². The van der Waals surface area contributed by atoms with Gasteiger partial charge in [-0.15, -0.1) is 0 Å². The van der Waals surface area contributed by atoms with Crippen LogP contribution in [0, 0.1) is 5.41 Å². The number of hydrogen-bond donors (Lipinski definition) is 1. The number of nitrogens with one attached hydrogen (secondary N) is 1. The number of para-hydroxylation sites is 1. The van der Waals surface area contributed by atoms with Crippen molar-refractivity contribution in [2.24, 2.45) is 0 Å². The van der Waals surface area contributed by atoms with Gasteiger partial charge in [-0.3, -0.25) is 9.59 Å². The number of rotatable bonds is 1. The molecule has 1 N–H and O–H groups in total. The molecule has 1 aliphatic heterocycles. The highest BCUT2D eigenvalue weighted by molar-refractivity contribution is 7.83. The maximum atomic E-state index is 11.3. The third-order valence-corrected chi connectivity index (χ3v) is 2.73. The molecule has 1 heterocycles. The minimum atomic E-state index is -1.53. The van der Waals surface area contributed by atoms with Crippen LogP contribution in [0.15, 0.2) is 30.3 Å². The highest BCUT2D eigenvalue weighted by Gasteiger charge is 2.27. The van der Waals surface area contributed by atoms with Crippen molar-refractivity contribution in [3.63, 3.8) is 0 Å². The first-order chi connectivity index (χ1) is 6.29. The molecule has 0 aliphatic carbocycles. The van der Waals surface area contributed by atoms with Crippen LogP contribution in [0.1, 0.15) is 0 Å². The van der Waals surface area contributed by atoms with Crippen LogP contribution in [0.2, 0.25) is 0 Å². The molecule has 68 valence electrons. The Labute approximate surface area is 78.4 Å². The van der Waals surface area contributed by atoms with Crippen molar-refractivity contribution in [3.8, 4) is 0 Å². The Morgan fingerprint density at radius 2 is 2.08 bits per heavy atom. The fraction of sp³-hybridized carbons (Fsp3) is 0.125. The molecule has 1 saturated heterocycles. The van der Waals surface area contributed by atoms with Gasteiger partial charge < -0.3 is 0 Å². The fourth-order valence-corrected chi connectivity index (χ4v) is 1.96. The SMILES string of the molecule is N=C1COS(=O)N1c1ccccc1. The second-order valence-electron chi connectivity index (χ2n) is 2.56. The zero-order chi connectivity index (χ0) is 9.26. The van der Waals surface area contributed by atoms with Crippen molar-refractivity contribution in [2.45, 2.75) is 0 Å². The van der Waals surface area contributed by atoms with Crippen molar-refractivity contribution in [2.75, 3.05) is 10.9 Å². The van der Waals surface area contributed by atoms with Gasteiger partial charge >= 0.3 is 0 Å². The molecule has 0 saturated carbocycles. The van der Waals surface area contributed by atoms with E-state index in [-0.39, 0.29) is 12.4 Å². The predicted molar refractivity (Wildman–Crippen MR) is 50.7 cm³/mol. The lowest BCUT2D eigenvalue weighted by Crippen LogP contribution is -2.24. The number of amidine groups is 1. The van der Waals surface area contributed by atoms with Crippen LogP contribution >= 0.6 is 0 Å². The van der Waals surface area contributed by atoms with E-state index in [4.69, 9.17) is 9.59 Å². The van der Waals surface area contributed by atoms with Crippen molar-refractivity contribution in [1.82, 2.24) is 0 Å². The summed E-state index contributed by atoms with van der Waals surface area (Å²) in [7, 11) is 0. The van der Waals surface area contributed by atoms with Crippen LogP contribution in [0.3, 0.4) is 0 Å². The van der Waals surface area contributed by atoms with Crippen LogP contribution in [0.4, 0.5) is 5.69 Å². The lowest BCUT2D eigenvalue weighted by molar-refractivity contribution is 0.424. The summed E-state index contributed by atoms with van der Waals surface area (Å²) in [5.74, 6) is 0.226. The Kier molecular flexibility index (Phi) is 2.12. The number of nitrogens with zero attached hydrogens (tertiary/aromatic N) is 1. The Hall–Kier alpha value is -1.20. The second-order valence-corrected chi connectivity index (χ2v) is 3.59. The van der Waals surface area contributed by atoms with Gasteiger partial charge in [0.05, 0.1) is 5.69 Å². The van der Waals surface area contributed by atoms with Crippen molar-refractivity contribution in [3.05, 3.63) is 30.3 Å². The molecule has 4 nitrogen and oxygen atoms in total. The maximum absolute atomic E-state index is 11.3. The largest absolute Gasteiger partial charge is 0.285 e. The third kappa shape index (κ3) is 1.48. The van der Waals surface area contributed by atoms with E-state index in [1.54, 1.807) is 12.1 Å². The third-order valence-electron chi connectivity index (χ3n) is 1.68. The topological polar surface area (TPSA) is 53.4 Å². The normalized spacial score (nSPS) is 22.3. The van der Waals surface area contributed by atoms with E-state index in [0.717, 1.165) is 5.69 Å². The standard InChI is InChI=1S/C8H8N2O2S/c9-8-6-12-13(11)10(8)7-4-2-1-3-5-7/h1-5,9H,6H2. The predicted octanol–water partition coefficient (Wildman–Crippen LogP) is 1.08. The quantitative estimate of drug-likeness (QED) is 0.730. The van der Waals surface area contributed by atoms with Gasteiger partial charge in [0.15, 0.2) is 0 Å². The zero-order valence-electron chi connectivity index (χ0n) is 6.77. The van der Waals surface area contributed by atoms with Gasteiger partial charge in [-0.1, -0.05) is 18.2 Å². The molecule has 1 aliphatic rings. The fourth-order valence-electron chi connectivity index (χ4n) is 1.11. The molecule has 0 spiro atoms. The minimum Gasteiger partial charge on any atom is -0.285 e. The van der Waals surface area contributed by atoms with E-state index >= 15 is 0 Å². The smallest absolute Gasteiger partial charge is 0.270 e. The van der Waals surface area contributed by atoms with Gasteiger partial charge in [0.1, 0.15) is 12.4 Å². The Morgan fingerprint density at radius 3 is 2.62 bits per heavy atom.